The van der Waals surface area contributed by atoms with Gasteiger partial charge in [0.1, 0.15) is 0 Å². The fourth-order valence-corrected chi connectivity index (χ4v) is 2.40. The lowest BCUT2D eigenvalue weighted by atomic mass is 9.82. The molecule has 0 heterocycles. The van der Waals surface area contributed by atoms with Crippen molar-refractivity contribution < 1.29 is 14.7 Å². The van der Waals surface area contributed by atoms with E-state index in [0.717, 1.165) is 4.47 Å². The molecular formula is C14H13BrNO3-. The van der Waals surface area contributed by atoms with Crippen molar-refractivity contribution in [3.05, 3.63) is 40.9 Å². The highest BCUT2D eigenvalue weighted by molar-refractivity contribution is 9.10. The molecule has 1 aliphatic rings. The number of nitrogens with one attached hydrogen (secondary N) is 1. The van der Waals surface area contributed by atoms with Crippen molar-refractivity contribution in [3.8, 4) is 0 Å². The van der Waals surface area contributed by atoms with Crippen LogP contribution < -0.4 is 10.4 Å². The van der Waals surface area contributed by atoms with Gasteiger partial charge in [-0.15, -0.1) is 0 Å². The van der Waals surface area contributed by atoms with Crippen molar-refractivity contribution in [1.82, 2.24) is 0 Å². The smallest absolute Gasteiger partial charge is 0.228 e. The standard InChI is InChI=1S/C14H14BrNO3/c15-9-5-7-10(8-6-9)16-13(17)11-3-1-2-4-12(11)14(18)19/h1-2,5-8,11-12H,3-4H2,(H,16,17)(H,18,19)/p-1/t11-,12+/m1/s1. The first-order valence-electron chi connectivity index (χ1n) is 6.00. The summed E-state index contributed by atoms with van der Waals surface area (Å²) >= 11 is 3.31. The highest BCUT2D eigenvalue weighted by atomic mass is 79.9. The van der Waals surface area contributed by atoms with Crippen molar-refractivity contribution >= 4 is 33.5 Å². The number of amides is 1. The lowest BCUT2D eigenvalue weighted by molar-refractivity contribution is -0.313. The number of anilines is 1. The summed E-state index contributed by atoms with van der Waals surface area (Å²) in [6.07, 6.45) is 4.40. The molecule has 19 heavy (non-hydrogen) atoms. The van der Waals surface area contributed by atoms with Crippen LogP contribution in [0, 0.1) is 11.8 Å². The third-order valence-corrected chi connectivity index (χ3v) is 3.71. The number of rotatable bonds is 3. The predicted molar refractivity (Wildman–Crippen MR) is 73.1 cm³/mol. The van der Waals surface area contributed by atoms with Crippen LogP contribution in [0.25, 0.3) is 0 Å². The minimum atomic E-state index is -1.17. The van der Waals surface area contributed by atoms with Crippen LogP contribution in [0.2, 0.25) is 0 Å². The summed E-state index contributed by atoms with van der Waals surface area (Å²) in [6, 6.07) is 7.14. The Hall–Kier alpha value is -1.62. The first-order chi connectivity index (χ1) is 9.08. The number of carbonyl (C=O) groups is 2. The molecule has 2 rings (SSSR count). The Morgan fingerprint density at radius 3 is 2.26 bits per heavy atom. The molecule has 1 aliphatic carbocycles. The van der Waals surface area contributed by atoms with Gasteiger partial charge < -0.3 is 15.2 Å². The zero-order valence-electron chi connectivity index (χ0n) is 10.1. The van der Waals surface area contributed by atoms with Crippen LogP contribution in [-0.4, -0.2) is 11.9 Å². The van der Waals surface area contributed by atoms with Crippen LogP contribution in [0.3, 0.4) is 0 Å². The van der Waals surface area contributed by atoms with E-state index in [1.807, 2.05) is 18.2 Å². The van der Waals surface area contributed by atoms with Crippen molar-refractivity contribution in [2.75, 3.05) is 5.32 Å². The number of halogens is 1. The highest BCUT2D eigenvalue weighted by Gasteiger charge is 2.29. The molecule has 100 valence electrons. The van der Waals surface area contributed by atoms with E-state index < -0.39 is 17.8 Å². The molecule has 0 unspecified atom stereocenters. The second kappa shape index (κ2) is 6.02. The maximum Gasteiger partial charge on any atom is 0.228 e. The van der Waals surface area contributed by atoms with Crippen LogP contribution in [0.15, 0.2) is 40.9 Å². The molecule has 0 saturated carbocycles. The molecule has 2 atom stereocenters. The van der Waals surface area contributed by atoms with Crippen LogP contribution in [-0.2, 0) is 9.59 Å². The fourth-order valence-electron chi connectivity index (χ4n) is 2.13. The number of aliphatic carboxylic acids is 1. The molecule has 1 aromatic rings. The fraction of sp³-hybridized carbons (Fsp3) is 0.286. The SMILES string of the molecule is O=C([O-])[C@H]1CC=CC[C@H]1C(=O)Nc1ccc(Br)cc1. The zero-order valence-corrected chi connectivity index (χ0v) is 11.7. The van der Waals surface area contributed by atoms with Gasteiger partial charge in [0.25, 0.3) is 0 Å². The van der Waals surface area contributed by atoms with Gasteiger partial charge in [-0.25, -0.2) is 0 Å². The zero-order chi connectivity index (χ0) is 13.8. The minimum Gasteiger partial charge on any atom is -0.550 e. The normalized spacial score (nSPS) is 21.9. The van der Waals surface area contributed by atoms with Crippen molar-refractivity contribution in [2.45, 2.75) is 12.8 Å². The molecular weight excluding hydrogens is 310 g/mol. The Balaban J connectivity index is 2.08. The molecule has 0 bridgehead atoms. The molecule has 1 amide bonds. The van der Waals surface area contributed by atoms with Crippen molar-refractivity contribution in [3.63, 3.8) is 0 Å². The summed E-state index contributed by atoms with van der Waals surface area (Å²) in [7, 11) is 0. The van der Waals surface area contributed by atoms with Gasteiger partial charge in [-0.2, -0.15) is 0 Å². The Morgan fingerprint density at radius 1 is 1.11 bits per heavy atom. The average Bonchev–Trinajstić information content (AvgIpc) is 2.41. The van der Waals surface area contributed by atoms with Gasteiger partial charge in [0.2, 0.25) is 5.91 Å². The first kappa shape index (κ1) is 13.8. The summed E-state index contributed by atoms with van der Waals surface area (Å²) in [4.78, 5) is 23.2. The molecule has 1 N–H and O–H groups in total. The third-order valence-electron chi connectivity index (χ3n) is 3.18. The molecule has 0 radical (unpaired) electrons. The van der Waals surface area contributed by atoms with E-state index in [1.165, 1.54) is 0 Å². The molecule has 0 aliphatic heterocycles. The van der Waals surface area contributed by atoms with Gasteiger partial charge in [-0.1, -0.05) is 28.1 Å². The van der Waals surface area contributed by atoms with E-state index in [2.05, 4.69) is 21.2 Å². The number of allylic oxidation sites excluding steroid dienone is 2. The van der Waals surface area contributed by atoms with E-state index in [4.69, 9.17) is 0 Å². The van der Waals surface area contributed by atoms with Gasteiger partial charge in [-0.05, 0) is 37.1 Å². The lowest BCUT2D eigenvalue weighted by Gasteiger charge is -2.28. The number of hydrogen-bond acceptors (Lipinski definition) is 3. The molecule has 4 nitrogen and oxygen atoms in total. The number of carboxylic acids is 1. The average molecular weight is 323 g/mol. The Labute approximate surface area is 119 Å². The van der Waals surface area contributed by atoms with Crippen LogP contribution in [0.4, 0.5) is 5.69 Å². The van der Waals surface area contributed by atoms with Crippen molar-refractivity contribution in [1.29, 1.82) is 0 Å². The predicted octanol–water partition coefficient (Wildman–Crippen LogP) is 1.72. The second-order valence-electron chi connectivity index (χ2n) is 4.47. The van der Waals surface area contributed by atoms with Crippen LogP contribution in [0.5, 0.6) is 0 Å². The highest BCUT2D eigenvalue weighted by Crippen LogP contribution is 2.26. The van der Waals surface area contributed by atoms with E-state index >= 15 is 0 Å². The quantitative estimate of drug-likeness (QED) is 0.861. The Morgan fingerprint density at radius 2 is 1.68 bits per heavy atom. The molecule has 1 aromatic carbocycles. The minimum absolute atomic E-state index is 0.277. The maximum atomic E-state index is 12.1. The van der Waals surface area contributed by atoms with Crippen molar-refractivity contribution in [2.24, 2.45) is 11.8 Å². The van der Waals surface area contributed by atoms with Gasteiger partial charge in [0, 0.05) is 22.0 Å². The number of carboxylic acid groups (broad SMARTS) is 1. The maximum absolute atomic E-state index is 12.1. The summed E-state index contributed by atoms with van der Waals surface area (Å²) < 4.78 is 0.915. The number of carbonyl (C=O) groups excluding carboxylic acids is 2. The molecule has 0 spiro atoms. The molecule has 0 saturated heterocycles. The van der Waals surface area contributed by atoms with Gasteiger partial charge >= 0.3 is 0 Å². The second-order valence-corrected chi connectivity index (χ2v) is 5.39. The van der Waals surface area contributed by atoms with E-state index in [0.29, 0.717) is 18.5 Å². The van der Waals surface area contributed by atoms with Gasteiger partial charge in [-0.3, -0.25) is 4.79 Å². The summed E-state index contributed by atoms with van der Waals surface area (Å²) in [5, 5.41) is 13.8. The van der Waals surface area contributed by atoms with Gasteiger partial charge in [0.15, 0.2) is 0 Å². The summed E-state index contributed by atoms with van der Waals surface area (Å²) in [6.45, 7) is 0. The largest absolute Gasteiger partial charge is 0.550 e. The molecule has 0 fully saturated rings. The first-order valence-corrected chi connectivity index (χ1v) is 6.79. The van der Waals surface area contributed by atoms with Gasteiger partial charge in [0.05, 0.1) is 5.92 Å². The molecule has 0 aromatic heterocycles. The number of benzene rings is 1. The van der Waals surface area contributed by atoms with Crippen LogP contribution >= 0.6 is 15.9 Å². The Bertz CT molecular complexity index is 510. The summed E-state index contributed by atoms with van der Waals surface area (Å²) in [5.74, 6) is -2.76. The van der Waals surface area contributed by atoms with E-state index in [1.54, 1.807) is 18.2 Å². The Kier molecular flexibility index (Phi) is 4.37. The monoisotopic (exact) mass is 322 g/mol. The topological polar surface area (TPSA) is 69.2 Å². The lowest BCUT2D eigenvalue weighted by Crippen LogP contribution is -2.41. The summed E-state index contributed by atoms with van der Waals surface area (Å²) in [5.41, 5.74) is 0.653. The van der Waals surface area contributed by atoms with E-state index in [-0.39, 0.29) is 5.91 Å². The molecule has 5 heteroatoms. The van der Waals surface area contributed by atoms with Crippen LogP contribution in [0.1, 0.15) is 12.8 Å². The van der Waals surface area contributed by atoms with E-state index in [9.17, 15) is 14.7 Å². The number of hydrogen-bond donors (Lipinski definition) is 1. The third kappa shape index (κ3) is 3.44.